The van der Waals surface area contributed by atoms with E-state index in [-0.39, 0.29) is 17.4 Å². The van der Waals surface area contributed by atoms with Crippen molar-refractivity contribution in [1.29, 1.82) is 0 Å². The van der Waals surface area contributed by atoms with Gasteiger partial charge in [0.2, 0.25) is 11.8 Å². The Morgan fingerprint density at radius 1 is 1.24 bits per heavy atom. The highest BCUT2D eigenvalue weighted by molar-refractivity contribution is 7.84. The number of amides is 1. The number of benzene rings is 2. The Hall–Kier alpha value is -2.64. The molecule has 3 rings (SSSR count). The number of nitrogens with one attached hydrogen (secondary N) is 1. The molecule has 6 nitrogen and oxygen atoms in total. The Labute approximate surface area is 176 Å². The third kappa shape index (κ3) is 5.68. The first-order valence-corrected chi connectivity index (χ1v) is 10.8. The summed E-state index contributed by atoms with van der Waals surface area (Å²) in [4.78, 5) is 16.5. The number of carbonyl (C=O) groups excluding carboxylic acids is 1. The van der Waals surface area contributed by atoms with Crippen LogP contribution in [0.1, 0.15) is 17.0 Å². The highest BCUT2D eigenvalue weighted by Crippen LogP contribution is 2.25. The summed E-state index contributed by atoms with van der Waals surface area (Å²) in [6.07, 6.45) is 0. The van der Waals surface area contributed by atoms with Crippen LogP contribution in [0.4, 0.5) is 0 Å². The van der Waals surface area contributed by atoms with Crippen molar-refractivity contribution >= 4 is 28.3 Å². The number of halogens is 1. The summed E-state index contributed by atoms with van der Waals surface area (Å²) in [7, 11) is 0.173. The van der Waals surface area contributed by atoms with Gasteiger partial charge in [0.05, 0.1) is 18.6 Å². The minimum atomic E-state index is -1.42. The Kier molecular flexibility index (Phi) is 7.06. The van der Waals surface area contributed by atoms with Crippen LogP contribution in [0.2, 0.25) is 5.02 Å². The van der Waals surface area contributed by atoms with Gasteiger partial charge in [0.25, 0.3) is 0 Å². The third-order valence-corrected chi connectivity index (χ3v) is 5.78. The van der Waals surface area contributed by atoms with E-state index < -0.39 is 10.8 Å². The summed E-state index contributed by atoms with van der Waals surface area (Å²) < 4.78 is 23.3. The largest absolute Gasteiger partial charge is 0.497 e. The normalized spacial score (nSPS) is 11.8. The first-order valence-electron chi connectivity index (χ1n) is 8.92. The number of methoxy groups -OCH3 is 1. The molecule has 0 bridgehead atoms. The number of aryl methyl sites for hydroxylation is 1. The van der Waals surface area contributed by atoms with Crippen molar-refractivity contribution in [1.82, 2.24) is 10.3 Å². The van der Waals surface area contributed by atoms with Crippen LogP contribution in [0, 0.1) is 6.92 Å². The molecule has 1 N–H and O–H groups in total. The number of carbonyl (C=O) groups is 1. The molecule has 3 aromatic rings. The van der Waals surface area contributed by atoms with E-state index >= 15 is 0 Å². The van der Waals surface area contributed by atoms with Crippen molar-refractivity contribution < 1.29 is 18.2 Å². The Bertz CT molecular complexity index is 1040. The number of nitrogens with zero attached hydrogens (tertiary/aromatic N) is 1. The van der Waals surface area contributed by atoms with Crippen molar-refractivity contribution in [3.63, 3.8) is 0 Å². The second kappa shape index (κ2) is 9.71. The van der Waals surface area contributed by atoms with Gasteiger partial charge in [-0.15, -0.1) is 0 Å². The standard InChI is InChI=1S/C21H21ClN2O4S/c1-14-19(24-21(28-14)15-7-5-8-17(10-15)27-2)12-29(26)13-20(25)23-11-16-6-3-4-9-18(16)22/h3-10H,11-13H2,1-2H3,(H,23,25)/t29-/m1/s1. The summed E-state index contributed by atoms with van der Waals surface area (Å²) in [5, 5.41) is 3.32. The molecule has 0 aliphatic carbocycles. The molecule has 29 heavy (non-hydrogen) atoms. The first kappa shape index (κ1) is 21.1. The van der Waals surface area contributed by atoms with E-state index in [0.717, 1.165) is 11.1 Å². The summed E-state index contributed by atoms with van der Waals surface area (Å²) in [5.74, 6) is 1.41. The smallest absolute Gasteiger partial charge is 0.232 e. The van der Waals surface area contributed by atoms with Gasteiger partial charge in [0.15, 0.2) is 0 Å². The molecule has 0 aliphatic heterocycles. The van der Waals surface area contributed by atoms with Crippen molar-refractivity contribution in [3.8, 4) is 17.2 Å². The number of hydrogen-bond donors (Lipinski definition) is 1. The molecule has 0 radical (unpaired) electrons. The fourth-order valence-corrected chi connectivity index (χ4v) is 3.95. The van der Waals surface area contributed by atoms with Crippen molar-refractivity contribution in [2.24, 2.45) is 0 Å². The van der Waals surface area contributed by atoms with Crippen LogP contribution in [0.3, 0.4) is 0 Å². The molecule has 1 atom stereocenters. The molecule has 1 aromatic heterocycles. The molecule has 0 aliphatic rings. The summed E-state index contributed by atoms with van der Waals surface area (Å²) in [6.45, 7) is 2.05. The van der Waals surface area contributed by atoms with Crippen LogP contribution in [0.25, 0.3) is 11.5 Å². The lowest BCUT2D eigenvalue weighted by Gasteiger charge is -2.06. The number of hydrogen-bond acceptors (Lipinski definition) is 5. The lowest BCUT2D eigenvalue weighted by Crippen LogP contribution is -2.28. The molecule has 1 amide bonds. The van der Waals surface area contributed by atoms with E-state index in [1.807, 2.05) is 42.5 Å². The number of oxazole rings is 1. The number of rotatable bonds is 8. The maximum Gasteiger partial charge on any atom is 0.232 e. The van der Waals surface area contributed by atoms with Gasteiger partial charge in [0, 0.05) is 27.9 Å². The predicted octanol–water partition coefficient (Wildman–Crippen LogP) is 3.88. The second-order valence-corrected chi connectivity index (χ2v) is 8.21. The third-order valence-electron chi connectivity index (χ3n) is 4.23. The van der Waals surface area contributed by atoms with Gasteiger partial charge in [-0.3, -0.25) is 9.00 Å². The summed E-state index contributed by atoms with van der Waals surface area (Å²) in [5.41, 5.74) is 2.14. The van der Waals surface area contributed by atoms with Crippen LogP contribution in [-0.2, 0) is 27.9 Å². The van der Waals surface area contributed by atoms with Crippen LogP contribution in [0.15, 0.2) is 52.9 Å². The molecule has 0 saturated carbocycles. The van der Waals surface area contributed by atoms with Crippen LogP contribution in [-0.4, -0.2) is 28.0 Å². The zero-order chi connectivity index (χ0) is 20.8. The molecule has 0 saturated heterocycles. The highest BCUT2D eigenvalue weighted by Gasteiger charge is 2.16. The Balaban J connectivity index is 1.58. The van der Waals surface area contributed by atoms with Crippen molar-refractivity contribution in [2.75, 3.05) is 12.9 Å². The maximum absolute atomic E-state index is 12.4. The fourth-order valence-electron chi connectivity index (χ4n) is 2.68. The van der Waals surface area contributed by atoms with Crippen LogP contribution < -0.4 is 10.1 Å². The van der Waals surface area contributed by atoms with Gasteiger partial charge in [-0.25, -0.2) is 4.98 Å². The topological polar surface area (TPSA) is 81.4 Å². The molecule has 152 valence electrons. The van der Waals surface area contributed by atoms with Crippen LogP contribution in [0.5, 0.6) is 5.75 Å². The fraction of sp³-hybridized carbons (Fsp3) is 0.238. The van der Waals surface area contributed by atoms with Gasteiger partial charge in [-0.2, -0.15) is 0 Å². The predicted molar refractivity (Wildman–Crippen MR) is 113 cm³/mol. The summed E-state index contributed by atoms with van der Waals surface area (Å²) >= 11 is 6.07. The molecular formula is C21H21ClN2O4S. The Morgan fingerprint density at radius 2 is 2.03 bits per heavy atom. The lowest BCUT2D eigenvalue weighted by molar-refractivity contribution is -0.118. The SMILES string of the molecule is COc1cccc(-c2nc(C[S@@](=O)CC(=O)NCc3ccccc3Cl)c(C)o2)c1. The second-order valence-electron chi connectivity index (χ2n) is 6.35. The van der Waals surface area contributed by atoms with E-state index in [4.69, 9.17) is 20.8 Å². The van der Waals surface area contributed by atoms with Gasteiger partial charge < -0.3 is 14.5 Å². The minimum absolute atomic E-state index is 0.120. The zero-order valence-corrected chi connectivity index (χ0v) is 17.7. The molecule has 0 fully saturated rings. The minimum Gasteiger partial charge on any atom is -0.497 e. The molecule has 0 spiro atoms. The molecule has 8 heteroatoms. The van der Waals surface area contributed by atoms with Gasteiger partial charge in [0.1, 0.15) is 17.3 Å². The van der Waals surface area contributed by atoms with Gasteiger partial charge in [-0.1, -0.05) is 35.9 Å². The monoisotopic (exact) mass is 432 g/mol. The maximum atomic E-state index is 12.4. The average molecular weight is 433 g/mol. The first-order chi connectivity index (χ1) is 14.0. The van der Waals surface area contributed by atoms with E-state index in [1.54, 1.807) is 20.1 Å². The highest BCUT2D eigenvalue weighted by atomic mass is 35.5. The van der Waals surface area contributed by atoms with E-state index in [0.29, 0.717) is 34.7 Å². The molecule has 0 unspecified atom stereocenters. The van der Waals surface area contributed by atoms with E-state index in [1.165, 1.54) is 0 Å². The van der Waals surface area contributed by atoms with Crippen molar-refractivity contribution in [3.05, 3.63) is 70.6 Å². The Morgan fingerprint density at radius 3 is 2.79 bits per heavy atom. The van der Waals surface area contributed by atoms with E-state index in [9.17, 15) is 9.00 Å². The molecule has 2 aromatic carbocycles. The van der Waals surface area contributed by atoms with E-state index in [2.05, 4.69) is 10.3 Å². The average Bonchev–Trinajstić information content (AvgIpc) is 3.07. The number of ether oxygens (including phenoxy) is 1. The van der Waals surface area contributed by atoms with Gasteiger partial charge >= 0.3 is 0 Å². The molecular weight excluding hydrogens is 412 g/mol. The van der Waals surface area contributed by atoms with Gasteiger partial charge in [-0.05, 0) is 36.8 Å². The zero-order valence-electron chi connectivity index (χ0n) is 16.1. The van der Waals surface area contributed by atoms with Crippen LogP contribution >= 0.6 is 11.6 Å². The lowest BCUT2D eigenvalue weighted by atomic mass is 10.2. The molecule has 1 heterocycles. The number of aromatic nitrogens is 1. The summed E-state index contributed by atoms with van der Waals surface area (Å²) in [6, 6.07) is 14.6. The van der Waals surface area contributed by atoms with Crippen molar-refractivity contribution in [2.45, 2.75) is 19.2 Å². The quantitative estimate of drug-likeness (QED) is 0.584.